The van der Waals surface area contributed by atoms with E-state index in [-0.39, 0.29) is 5.75 Å². The standard InChI is InChI=1S/C16H24N4O3S/c1-3-5-9-24(21,22)19-8-6-15-13(10-19)16(14-11-23-12-17-14)18-20(15)7-4-2/h11-12H,3-10H2,1-2H3. The Hall–Kier alpha value is -1.67. The van der Waals surface area contributed by atoms with Crippen LogP contribution in [0.3, 0.4) is 0 Å². The Bertz CT molecular complexity index is 781. The monoisotopic (exact) mass is 352 g/mol. The van der Waals surface area contributed by atoms with Gasteiger partial charge in [0.25, 0.3) is 0 Å². The molecule has 2 aromatic rings. The van der Waals surface area contributed by atoms with Crippen LogP contribution in [0.2, 0.25) is 0 Å². The Labute approximate surface area is 142 Å². The molecule has 8 heteroatoms. The van der Waals surface area contributed by atoms with Crippen LogP contribution in [0.4, 0.5) is 0 Å². The second-order valence-corrected chi connectivity index (χ2v) is 8.21. The molecule has 3 rings (SSSR count). The van der Waals surface area contributed by atoms with E-state index in [0.717, 1.165) is 36.3 Å². The van der Waals surface area contributed by atoms with Crippen molar-refractivity contribution in [2.24, 2.45) is 0 Å². The zero-order chi connectivity index (χ0) is 17.2. The van der Waals surface area contributed by atoms with E-state index < -0.39 is 10.0 Å². The lowest BCUT2D eigenvalue weighted by Crippen LogP contribution is -2.37. The predicted molar refractivity (Wildman–Crippen MR) is 90.8 cm³/mol. The quantitative estimate of drug-likeness (QED) is 0.764. The zero-order valence-corrected chi connectivity index (χ0v) is 15.0. The molecule has 132 valence electrons. The first kappa shape index (κ1) is 17.2. The lowest BCUT2D eigenvalue weighted by Gasteiger charge is -2.27. The first-order valence-corrected chi connectivity index (χ1v) is 10.1. The summed E-state index contributed by atoms with van der Waals surface area (Å²) in [5, 5.41) is 4.68. The van der Waals surface area contributed by atoms with Crippen LogP contribution in [0.5, 0.6) is 0 Å². The van der Waals surface area contributed by atoms with Gasteiger partial charge in [0.1, 0.15) is 17.7 Å². The number of sulfonamides is 1. The third-order valence-electron chi connectivity index (χ3n) is 4.36. The van der Waals surface area contributed by atoms with Gasteiger partial charge in [-0.1, -0.05) is 20.3 Å². The van der Waals surface area contributed by atoms with Crippen molar-refractivity contribution in [2.75, 3.05) is 12.3 Å². The fraction of sp³-hybridized carbons (Fsp3) is 0.625. The third kappa shape index (κ3) is 3.25. The van der Waals surface area contributed by atoms with Gasteiger partial charge in [-0.05, 0) is 12.8 Å². The highest BCUT2D eigenvalue weighted by Crippen LogP contribution is 2.30. The van der Waals surface area contributed by atoms with Crippen LogP contribution in [0.25, 0.3) is 11.4 Å². The minimum Gasteiger partial charge on any atom is -0.451 e. The molecule has 24 heavy (non-hydrogen) atoms. The molecule has 0 aromatic carbocycles. The first-order valence-electron chi connectivity index (χ1n) is 8.51. The molecule has 2 aromatic heterocycles. The molecule has 0 N–H and O–H groups in total. The fourth-order valence-corrected chi connectivity index (χ4v) is 4.70. The van der Waals surface area contributed by atoms with Crippen LogP contribution >= 0.6 is 0 Å². The predicted octanol–water partition coefficient (Wildman–Crippen LogP) is 2.44. The average molecular weight is 352 g/mol. The summed E-state index contributed by atoms with van der Waals surface area (Å²) in [4.78, 5) is 4.19. The SMILES string of the molecule is CCCCS(=O)(=O)N1CCc2c(c(-c3cocn3)nn2CCC)C1. The lowest BCUT2D eigenvalue weighted by atomic mass is 10.1. The maximum absolute atomic E-state index is 12.5. The maximum atomic E-state index is 12.5. The smallest absolute Gasteiger partial charge is 0.214 e. The van der Waals surface area contributed by atoms with Gasteiger partial charge in [-0.2, -0.15) is 9.40 Å². The number of aryl methyl sites for hydroxylation is 1. The maximum Gasteiger partial charge on any atom is 0.214 e. The molecule has 0 saturated heterocycles. The van der Waals surface area contributed by atoms with Crippen LogP contribution in [0, 0.1) is 0 Å². The Morgan fingerprint density at radius 1 is 1.29 bits per heavy atom. The number of rotatable bonds is 7. The van der Waals surface area contributed by atoms with E-state index in [4.69, 9.17) is 4.42 Å². The summed E-state index contributed by atoms with van der Waals surface area (Å²) in [6, 6.07) is 0. The van der Waals surface area contributed by atoms with Crippen molar-refractivity contribution in [2.45, 2.75) is 52.6 Å². The van der Waals surface area contributed by atoms with Crippen LogP contribution in [-0.4, -0.2) is 39.8 Å². The fourth-order valence-electron chi connectivity index (χ4n) is 3.09. The summed E-state index contributed by atoms with van der Waals surface area (Å²) < 4.78 is 33.8. The van der Waals surface area contributed by atoms with E-state index in [1.807, 2.05) is 11.6 Å². The number of aromatic nitrogens is 3. The van der Waals surface area contributed by atoms with E-state index in [9.17, 15) is 8.42 Å². The number of hydrogen-bond donors (Lipinski definition) is 0. The van der Waals surface area contributed by atoms with Crippen molar-refractivity contribution in [3.8, 4) is 11.4 Å². The largest absolute Gasteiger partial charge is 0.451 e. The van der Waals surface area contributed by atoms with Gasteiger partial charge in [0.15, 0.2) is 6.39 Å². The molecule has 0 spiro atoms. The second-order valence-electron chi connectivity index (χ2n) is 6.12. The lowest BCUT2D eigenvalue weighted by molar-refractivity contribution is 0.382. The molecule has 0 radical (unpaired) electrons. The highest BCUT2D eigenvalue weighted by molar-refractivity contribution is 7.89. The Morgan fingerprint density at radius 3 is 2.79 bits per heavy atom. The molecule has 0 unspecified atom stereocenters. The van der Waals surface area contributed by atoms with Crippen molar-refractivity contribution < 1.29 is 12.8 Å². The Morgan fingerprint density at radius 2 is 2.12 bits per heavy atom. The molecule has 3 heterocycles. The molecule has 0 saturated carbocycles. The summed E-state index contributed by atoms with van der Waals surface area (Å²) in [7, 11) is -3.22. The van der Waals surface area contributed by atoms with Gasteiger partial charge >= 0.3 is 0 Å². The summed E-state index contributed by atoms with van der Waals surface area (Å²) >= 11 is 0. The molecule has 0 bridgehead atoms. The van der Waals surface area contributed by atoms with E-state index in [2.05, 4.69) is 17.0 Å². The third-order valence-corrected chi connectivity index (χ3v) is 6.26. The van der Waals surface area contributed by atoms with Crippen molar-refractivity contribution in [3.63, 3.8) is 0 Å². The van der Waals surface area contributed by atoms with Crippen molar-refractivity contribution in [3.05, 3.63) is 23.9 Å². The van der Waals surface area contributed by atoms with Gasteiger partial charge < -0.3 is 4.42 Å². The number of unbranched alkanes of at least 4 members (excludes halogenated alkanes) is 1. The number of hydrogen-bond acceptors (Lipinski definition) is 5. The van der Waals surface area contributed by atoms with Crippen molar-refractivity contribution >= 4 is 10.0 Å². The summed E-state index contributed by atoms with van der Waals surface area (Å²) in [5.74, 6) is 0.210. The Kier molecular flexibility index (Phi) is 5.05. The number of oxazole rings is 1. The van der Waals surface area contributed by atoms with Crippen LogP contribution in [-0.2, 0) is 29.5 Å². The first-order chi connectivity index (χ1) is 11.6. The number of nitrogens with zero attached hydrogens (tertiary/aromatic N) is 4. The molecule has 1 aliphatic heterocycles. The van der Waals surface area contributed by atoms with Gasteiger partial charge in [-0.15, -0.1) is 0 Å². The molecule has 1 aliphatic rings. The van der Waals surface area contributed by atoms with Gasteiger partial charge in [0, 0.05) is 37.3 Å². The molecule has 0 amide bonds. The highest BCUT2D eigenvalue weighted by Gasteiger charge is 2.31. The summed E-state index contributed by atoms with van der Waals surface area (Å²) in [6.45, 7) is 5.82. The minimum atomic E-state index is -3.22. The molecule has 7 nitrogen and oxygen atoms in total. The van der Waals surface area contributed by atoms with Crippen LogP contribution in [0.15, 0.2) is 17.1 Å². The van der Waals surface area contributed by atoms with Crippen molar-refractivity contribution in [1.29, 1.82) is 0 Å². The minimum absolute atomic E-state index is 0.210. The van der Waals surface area contributed by atoms with Crippen LogP contribution in [0.1, 0.15) is 44.4 Å². The van der Waals surface area contributed by atoms with Gasteiger partial charge in [0.05, 0.1) is 5.75 Å². The second kappa shape index (κ2) is 7.06. The van der Waals surface area contributed by atoms with E-state index >= 15 is 0 Å². The molecular formula is C16H24N4O3S. The normalized spacial score (nSPS) is 15.6. The van der Waals surface area contributed by atoms with E-state index in [1.54, 1.807) is 10.6 Å². The van der Waals surface area contributed by atoms with Gasteiger partial charge in [0.2, 0.25) is 10.0 Å². The summed E-state index contributed by atoms with van der Waals surface area (Å²) in [6.07, 6.45) is 6.16. The molecular weight excluding hydrogens is 328 g/mol. The number of fused-ring (bicyclic) bond motifs is 1. The van der Waals surface area contributed by atoms with E-state index in [1.165, 1.54) is 6.39 Å². The molecule has 0 atom stereocenters. The highest BCUT2D eigenvalue weighted by atomic mass is 32.2. The average Bonchev–Trinajstić information content (AvgIpc) is 3.21. The van der Waals surface area contributed by atoms with Gasteiger partial charge in [-0.3, -0.25) is 4.68 Å². The van der Waals surface area contributed by atoms with Crippen molar-refractivity contribution in [1.82, 2.24) is 19.1 Å². The zero-order valence-electron chi connectivity index (χ0n) is 14.2. The Balaban J connectivity index is 1.95. The van der Waals surface area contributed by atoms with E-state index in [0.29, 0.717) is 31.6 Å². The van der Waals surface area contributed by atoms with Crippen LogP contribution < -0.4 is 0 Å². The van der Waals surface area contributed by atoms with Gasteiger partial charge in [-0.25, -0.2) is 13.4 Å². The molecule has 0 aliphatic carbocycles. The molecule has 0 fully saturated rings. The summed E-state index contributed by atoms with van der Waals surface area (Å²) in [5.41, 5.74) is 3.48. The topological polar surface area (TPSA) is 81.2 Å².